The van der Waals surface area contributed by atoms with E-state index in [-0.39, 0.29) is 37.7 Å². The number of unbranched alkanes of at least 4 members (excludes halogenated alkanes) is 30. The molecule has 0 bridgehead atoms. The van der Waals surface area contributed by atoms with Gasteiger partial charge in [0.15, 0.2) is 0 Å². The van der Waals surface area contributed by atoms with Gasteiger partial charge in [-0.2, -0.15) is 0 Å². The van der Waals surface area contributed by atoms with Gasteiger partial charge >= 0.3 is 45.6 Å². The maximum atomic E-state index is 12.0. The predicted octanol–water partition coefficient (Wildman–Crippen LogP) is 12.7. The second kappa shape index (κ2) is 38.6. The predicted molar refractivity (Wildman–Crippen MR) is 189 cm³/mol. The monoisotopic (exact) mass is 645 g/mol. The fourth-order valence-corrected chi connectivity index (χ4v) is 6.49. The first-order chi connectivity index (χ1) is 20.1. The maximum absolute atomic E-state index is 12.0. The molecule has 1 N–H and O–H groups in total. The summed E-state index contributed by atoms with van der Waals surface area (Å²) in [5.74, 6) is 0. The van der Waals surface area contributed by atoms with Crippen LogP contribution in [0.1, 0.15) is 219 Å². The molecule has 252 valence electrons. The molecule has 0 aromatic heterocycles. The van der Waals surface area contributed by atoms with E-state index in [9.17, 15) is 9.46 Å². The van der Waals surface area contributed by atoms with Gasteiger partial charge in [-0.25, -0.2) is 4.57 Å². The van der Waals surface area contributed by atoms with Crippen molar-refractivity contribution in [2.24, 2.45) is 0 Å². The first kappa shape index (κ1) is 45.5. The van der Waals surface area contributed by atoms with Crippen LogP contribution in [-0.2, 0) is 13.6 Å². The third-order valence-electron chi connectivity index (χ3n) is 8.50. The molecule has 0 heterocycles. The van der Waals surface area contributed by atoms with Crippen molar-refractivity contribution < 1.29 is 18.5 Å². The minimum absolute atomic E-state index is 0. The molecule has 0 saturated heterocycles. The number of hydrogen-bond acceptors (Lipinski definition) is 3. The molecule has 0 unspecified atom stereocenters. The molecular weight excluding hydrogens is 567 g/mol. The molecule has 0 rings (SSSR count). The van der Waals surface area contributed by atoms with E-state index in [0.29, 0.717) is 13.2 Å². The quantitative estimate of drug-likeness (QED) is 0.0419. The second-order valence-corrected chi connectivity index (χ2v) is 14.2. The van der Waals surface area contributed by atoms with Crippen molar-refractivity contribution >= 4 is 45.6 Å². The van der Waals surface area contributed by atoms with Crippen molar-refractivity contribution in [3.63, 3.8) is 0 Å². The van der Waals surface area contributed by atoms with Crippen LogP contribution in [0.5, 0.6) is 0 Å². The SMILES string of the molecule is CCCCCCCCCCCCCCCCCCOP(=O)(O)OCCCCCCCCCCCCCCCCCC.[CaH2]. The fraction of sp³-hybridized carbons (Fsp3) is 1.00. The Morgan fingerprint density at radius 1 is 0.357 bits per heavy atom. The summed E-state index contributed by atoms with van der Waals surface area (Å²) in [5.41, 5.74) is 0. The van der Waals surface area contributed by atoms with E-state index >= 15 is 0 Å². The molecule has 0 aliphatic rings. The van der Waals surface area contributed by atoms with E-state index in [2.05, 4.69) is 13.8 Å². The topological polar surface area (TPSA) is 55.8 Å². The van der Waals surface area contributed by atoms with Crippen LogP contribution >= 0.6 is 7.82 Å². The Balaban J connectivity index is 0. The van der Waals surface area contributed by atoms with Crippen LogP contribution in [-0.4, -0.2) is 55.8 Å². The van der Waals surface area contributed by atoms with Gasteiger partial charge in [0.2, 0.25) is 0 Å². The fourth-order valence-electron chi connectivity index (χ4n) is 5.70. The van der Waals surface area contributed by atoms with Gasteiger partial charge in [-0.15, -0.1) is 0 Å². The van der Waals surface area contributed by atoms with Crippen LogP contribution in [0.4, 0.5) is 0 Å². The molecule has 0 aliphatic heterocycles. The van der Waals surface area contributed by atoms with E-state index in [1.165, 1.54) is 180 Å². The van der Waals surface area contributed by atoms with Crippen LogP contribution in [0.25, 0.3) is 0 Å². The van der Waals surface area contributed by atoms with Gasteiger partial charge < -0.3 is 4.89 Å². The van der Waals surface area contributed by atoms with Gasteiger partial charge in [0.05, 0.1) is 13.2 Å². The van der Waals surface area contributed by atoms with E-state index in [4.69, 9.17) is 9.05 Å². The zero-order valence-corrected chi connectivity index (χ0v) is 29.1. The molecular formula is C36H77CaO4P. The van der Waals surface area contributed by atoms with Crippen molar-refractivity contribution in [2.45, 2.75) is 219 Å². The van der Waals surface area contributed by atoms with Crippen LogP contribution in [0.2, 0.25) is 0 Å². The third-order valence-corrected chi connectivity index (χ3v) is 9.52. The first-order valence-corrected chi connectivity index (χ1v) is 20.2. The Morgan fingerprint density at radius 2 is 0.524 bits per heavy atom. The Hall–Kier alpha value is 1.37. The summed E-state index contributed by atoms with van der Waals surface area (Å²) in [5, 5.41) is 0. The summed E-state index contributed by atoms with van der Waals surface area (Å²) >= 11 is 0. The number of hydrogen-bond donors (Lipinski definition) is 1. The van der Waals surface area contributed by atoms with Gasteiger partial charge in [-0.05, 0) is 12.8 Å². The first-order valence-electron chi connectivity index (χ1n) is 18.7. The van der Waals surface area contributed by atoms with Crippen molar-refractivity contribution in [1.29, 1.82) is 0 Å². The molecule has 4 nitrogen and oxygen atoms in total. The molecule has 0 fully saturated rings. The molecule has 0 aromatic carbocycles. The number of rotatable bonds is 36. The molecule has 0 spiro atoms. The number of phosphoric acid groups is 1. The van der Waals surface area contributed by atoms with Gasteiger partial charge in [0.25, 0.3) is 0 Å². The van der Waals surface area contributed by atoms with E-state index in [1.807, 2.05) is 0 Å². The van der Waals surface area contributed by atoms with Crippen molar-refractivity contribution in [3.8, 4) is 0 Å². The average Bonchev–Trinajstić information content (AvgIpc) is 2.96. The van der Waals surface area contributed by atoms with E-state index < -0.39 is 7.82 Å². The summed E-state index contributed by atoms with van der Waals surface area (Å²) in [6, 6.07) is 0. The standard InChI is InChI=1S/C36H75O4P.Ca.2H/c1-3-5-7-9-11-13-15-17-19-21-23-25-27-29-31-33-35-39-41(37,38)40-36-34-32-30-28-26-24-22-20-18-16-14-12-10-8-6-4-2;;;/h3-36H2,1-2H3,(H,37,38);;;. The molecule has 0 saturated carbocycles. The second-order valence-electron chi connectivity index (χ2n) is 12.7. The van der Waals surface area contributed by atoms with Crippen molar-refractivity contribution in [2.75, 3.05) is 13.2 Å². The van der Waals surface area contributed by atoms with Gasteiger partial charge in [0.1, 0.15) is 0 Å². The molecule has 0 atom stereocenters. The Kier molecular flexibility index (Phi) is 41.8. The van der Waals surface area contributed by atoms with E-state index in [1.54, 1.807) is 0 Å². The summed E-state index contributed by atoms with van der Waals surface area (Å²) in [7, 11) is -3.87. The summed E-state index contributed by atoms with van der Waals surface area (Å²) < 4.78 is 22.4. The van der Waals surface area contributed by atoms with Gasteiger partial charge in [0, 0.05) is 0 Å². The summed E-state index contributed by atoms with van der Waals surface area (Å²) in [6.07, 6.45) is 42.2. The van der Waals surface area contributed by atoms with Gasteiger partial charge in [-0.1, -0.05) is 206 Å². The number of phosphoric ester groups is 1. The molecule has 0 aliphatic carbocycles. The van der Waals surface area contributed by atoms with Crippen LogP contribution in [0, 0.1) is 0 Å². The van der Waals surface area contributed by atoms with Crippen LogP contribution < -0.4 is 0 Å². The molecule has 0 aromatic rings. The normalized spacial score (nSPS) is 11.7. The Labute approximate surface area is 294 Å². The average molecular weight is 645 g/mol. The van der Waals surface area contributed by atoms with Crippen molar-refractivity contribution in [3.05, 3.63) is 0 Å². The third kappa shape index (κ3) is 39.4. The molecule has 0 amide bonds. The Bertz CT molecular complexity index is 493. The molecule has 42 heavy (non-hydrogen) atoms. The molecule has 0 radical (unpaired) electrons. The zero-order chi connectivity index (χ0) is 30.0. The van der Waals surface area contributed by atoms with Crippen LogP contribution in [0.15, 0.2) is 0 Å². The Morgan fingerprint density at radius 3 is 0.714 bits per heavy atom. The molecule has 6 heteroatoms. The summed E-state index contributed by atoms with van der Waals surface area (Å²) in [6.45, 7) is 5.21. The van der Waals surface area contributed by atoms with Crippen LogP contribution in [0.3, 0.4) is 0 Å². The summed E-state index contributed by atoms with van der Waals surface area (Å²) in [4.78, 5) is 9.88. The minimum atomic E-state index is -3.87. The zero-order valence-electron chi connectivity index (χ0n) is 28.2. The van der Waals surface area contributed by atoms with Gasteiger partial charge in [-0.3, -0.25) is 9.05 Å². The van der Waals surface area contributed by atoms with E-state index in [0.717, 1.165) is 25.7 Å². The van der Waals surface area contributed by atoms with Crippen molar-refractivity contribution in [1.82, 2.24) is 0 Å².